The number of carbonyl (C=O) groups is 2. The summed E-state index contributed by atoms with van der Waals surface area (Å²) in [5.41, 5.74) is 0.675. The average molecular weight is 280 g/mol. The number of rotatable bonds is 3. The highest BCUT2D eigenvalue weighted by molar-refractivity contribution is 6.31. The molecule has 2 rings (SSSR count). The minimum atomic E-state index is -1.11. The maximum atomic E-state index is 11.9. The summed E-state index contributed by atoms with van der Waals surface area (Å²) in [6.07, 6.45) is 1.33. The van der Waals surface area contributed by atoms with Crippen LogP contribution in [0.25, 0.3) is 0 Å². The van der Waals surface area contributed by atoms with Crippen LogP contribution < -0.4 is 5.32 Å². The summed E-state index contributed by atoms with van der Waals surface area (Å²) in [5, 5.41) is 11.7. The highest BCUT2D eigenvalue weighted by Gasteiger charge is 2.11. The number of benzene rings is 1. The van der Waals surface area contributed by atoms with E-state index in [1.807, 2.05) is 0 Å². The third-order valence-electron chi connectivity index (χ3n) is 2.40. The second kappa shape index (κ2) is 5.16. The smallest absolute Gasteiger partial charge is 0.335 e. The van der Waals surface area contributed by atoms with Crippen LogP contribution in [0.1, 0.15) is 26.5 Å². The van der Waals surface area contributed by atoms with Gasteiger partial charge >= 0.3 is 5.97 Å². The fourth-order valence-corrected chi connectivity index (χ4v) is 1.79. The van der Waals surface area contributed by atoms with Crippen LogP contribution in [0.5, 0.6) is 0 Å². The molecule has 0 spiro atoms. The lowest BCUT2D eigenvalue weighted by molar-refractivity contribution is 0.0696. The fraction of sp³-hybridized carbons (Fsp3) is 0.0769. The standard InChI is InChI=1S/C13H10ClNO4/c1-7-2-9(6-19-7)12(16)15-11-4-8(13(17)18)3-10(14)5-11/h2-6H,1H3,(H,15,16)(H,17,18). The zero-order valence-electron chi connectivity index (χ0n) is 9.94. The molecule has 1 aromatic carbocycles. The summed E-state index contributed by atoms with van der Waals surface area (Å²) in [6, 6.07) is 5.69. The topological polar surface area (TPSA) is 79.5 Å². The van der Waals surface area contributed by atoms with Crippen molar-refractivity contribution in [3.8, 4) is 0 Å². The molecule has 6 heteroatoms. The molecule has 5 nitrogen and oxygen atoms in total. The van der Waals surface area contributed by atoms with Crippen molar-refractivity contribution in [2.75, 3.05) is 5.32 Å². The third-order valence-corrected chi connectivity index (χ3v) is 2.61. The van der Waals surface area contributed by atoms with Crippen LogP contribution in [0.3, 0.4) is 0 Å². The minimum Gasteiger partial charge on any atom is -0.478 e. The lowest BCUT2D eigenvalue weighted by Gasteiger charge is -2.05. The second-order valence-electron chi connectivity index (χ2n) is 3.93. The Morgan fingerprint density at radius 3 is 2.53 bits per heavy atom. The van der Waals surface area contributed by atoms with E-state index in [0.717, 1.165) is 0 Å². The first-order chi connectivity index (χ1) is 8.95. The highest BCUT2D eigenvalue weighted by Crippen LogP contribution is 2.20. The molecule has 0 fully saturated rings. The Kier molecular flexibility index (Phi) is 3.57. The molecule has 0 radical (unpaired) electrons. The van der Waals surface area contributed by atoms with Crippen molar-refractivity contribution in [3.63, 3.8) is 0 Å². The molecule has 0 atom stereocenters. The van der Waals surface area contributed by atoms with Gasteiger partial charge in [0, 0.05) is 10.7 Å². The maximum Gasteiger partial charge on any atom is 0.335 e. The van der Waals surface area contributed by atoms with E-state index < -0.39 is 11.9 Å². The van der Waals surface area contributed by atoms with Crippen LogP contribution in [0.15, 0.2) is 34.9 Å². The van der Waals surface area contributed by atoms with Crippen molar-refractivity contribution in [1.29, 1.82) is 0 Å². The van der Waals surface area contributed by atoms with E-state index in [4.69, 9.17) is 21.1 Å². The van der Waals surface area contributed by atoms with E-state index in [9.17, 15) is 9.59 Å². The van der Waals surface area contributed by atoms with Crippen molar-refractivity contribution in [2.24, 2.45) is 0 Å². The minimum absolute atomic E-state index is 0.00572. The molecule has 0 aliphatic heterocycles. The summed E-state index contributed by atoms with van der Waals surface area (Å²) in [5.74, 6) is -0.893. The van der Waals surface area contributed by atoms with Gasteiger partial charge in [0.15, 0.2) is 0 Å². The molecule has 0 aliphatic carbocycles. The Balaban J connectivity index is 2.23. The van der Waals surface area contributed by atoms with Crippen LogP contribution in [0, 0.1) is 6.92 Å². The Morgan fingerprint density at radius 2 is 1.95 bits per heavy atom. The summed E-state index contributed by atoms with van der Waals surface area (Å²) in [6.45, 7) is 1.72. The number of hydrogen-bond acceptors (Lipinski definition) is 3. The molecular formula is C13H10ClNO4. The number of carbonyl (C=O) groups excluding carboxylic acids is 1. The molecular weight excluding hydrogens is 270 g/mol. The summed E-state index contributed by atoms with van der Waals surface area (Å²) in [4.78, 5) is 22.7. The van der Waals surface area contributed by atoms with Gasteiger partial charge in [-0.3, -0.25) is 4.79 Å². The van der Waals surface area contributed by atoms with E-state index in [1.54, 1.807) is 13.0 Å². The van der Waals surface area contributed by atoms with Crippen LogP contribution in [-0.2, 0) is 0 Å². The predicted molar refractivity (Wildman–Crippen MR) is 69.8 cm³/mol. The van der Waals surface area contributed by atoms with Crippen molar-refractivity contribution in [1.82, 2.24) is 0 Å². The molecule has 0 unspecified atom stereocenters. The number of amides is 1. The van der Waals surface area contributed by atoms with E-state index >= 15 is 0 Å². The van der Waals surface area contributed by atoms with Gasteiger partial charge in [-0.2, -0.15) is 0 Å². The normalized spacial score (nSPS) is 10.2. The average Bonchev–Trinajstić information content (AvgIpc) is 2.75. The van der Waals surface area contributed by atoms with Gasteiger partial charge in [-0.25, -0.2) is 4.79 Å². The number of nitrogens with one attached hydrogen (secondary N) is 1. The molecule has 98 valence electrons. The number of aromatic carboxylic acids is 1. The van der Waals surface area contributed by atoms with E-state index in [-0.39, 0.29) is 10.6 Å². The van der Waals surface area contributed by atoms with Crippen LogP contribution >= 0.6 is 11.6 Å². The first kappa shape index (κ1) is 13.2. The van der Waals surface area contributed by atoms with Gasteiger partial charge in [-0.1, -0.05) is 11.6 Å². The lowest BCUT2D eigenvalue weighted by atomic mass is 10.2. The Morgan fingerprint density at radius 1 is 1.21 bits per heavy atom. The number of hydrogen-bond donors (Lipinski definition) is 2. The van der Waals surface area contributed by atoms with Crippen LogP contribution in [-0.4, -0.2) is 17.0 Å². The zero-order valence-corrected chi connectivity index (χ0v) is 10.7. The summed E-state index contributed by atoms with van der Waals surface area (Å²) in [7, 11) is 0. The SMILES string of the molecule is Cc1cc(C(=O)Nc2cc(Cl)cc(C(=O)O)c2)co1. The number of carboxylic acids is 1. The Labute approximate surface area is 113 Å². The van der Waals surface area contributed by atoms with Crippen LogP contribution in [0.4, 0.5) is 5.69 Å². The van der Waals surface area contributed by atoms with Crippen molar-refractivity contribution < 1.29 is 19.1 Å². The summed E-state index contributed by atoms with van der Waals surface area (Å²) >= 11 is 5.79. The predicted octanol–water partition coefficient (Wildman–Crippen LogP) is 3.19. The molecule has 0 aliphatic rings. The van der Waals surface area contributed by atoms with Gasteiger partial charge in [-0.05, 0) is 31.2 Å². The molecule has 0 saturated carbocycles. The molecule has 1 aromatic heterocycles. The maximum absolute atomic E-state index is 11.9. The van der Waals surface area contributed by atoms with Crippen LogP contribution in [0.2, 0.25) is 5.02 Å². The number of anilines is 1. The number of furan rings is 1. The first-order valence-electron chi connectivity index (χ1n) is 5.36. The Hall–Kier alpha value is -2.27. The first-order valence-corrected chi connectivity index (χ1v) is 5.74. The third kappa shape index (κ3) is 3.14. The highest BCUT2D eigenvalue weighted by atomic mass is 35.5. The number of carboxylic acid groups (broad SMARTS) is 1. The molecule has 1 heterocycles. The number of aryl methyl sites for hydroxylation is 1. The quantitative estimate of drug-likeness (QED) is 0.904. The van der Waals surface area contributed by atoms with Gasteiger partial charge in [0.05, 0.1) is 11.1 Å². The van der Waals surface area contributed by atoms with Gasteiger partial charge in [-0.15, -0.1) is 0 Å². The summed E-state index contributed by atoms with van der Waals surface area (Å²) < 4.78 is 5.03. The molecule has 19 heavy (non-hydrogen) atoms. The van der Waals surface area contributed by atoms with Crippen molar-refractivity contribution in [2.45, 2.75) is 6.92 Å². The van der Waals surface area contributed by atoms with Crippen molar-refractivity contribution >= 4 is 29.2 Å². The van der Waals surface area contributed by atoms with Gasteiger partial charge < -0.3 is 14.8 Å². The van der Waals surface area contributed by atoms with E-state index in [2.05, 4.69) is 5.32 Å². The number of halogens is 1. The van der Waals surface area contributed by atoms with Gasteiger partial charge in [0.2, 0.25) is 0 Å². The van der Waals surface area contributed by atoms with E-state index in [0.29, 0.717) is 17.0 Å². The van der Waals surface area contributed by atoms with Gasteiger partial charge in [0.1, 0.15) is 12.0 Å². The molecule has 1 amide bonds. The fourth-order valence-electron chi connectivity index (χ4n) is 1.55. The largest absolute Gasteiger partial charge is 0.478 e. The second-order valence-corrected chi connectivity index (χ2v) is 4.37. The Bertz CT molecular complexity index is 648. The molecule has 2 aromatic rings. The molecule has 2 N–H and O–H groups in total. The van der Waals surface area contributed by atoms with Crippen molar-refractivity contribution in [3.05, 3.63) is 52.4 Å². The molecule has 0 bridgehead atoms. The zero-order chi connectivity index (χ0) is 14.0. The monoisotopic (exact) mass is 279 g/mol. The molecule has 0 saturated heterocycles. The van der Waals surface area contributed by atoms with E-state index in [1.165, 1.54) is 24.5 Å². The lowest BCUT2D eigenvalue weighted by Crippen LogP contribution is -2.11. The van der Waals surface area contributed by atoms with Gasteiger partial charge in [0.25, 0.3) is 5.91 Å².